The van der Waals surface area contributed by atoms with Crippen LogP contribution in [0.15, 0.2) is 48.5 Å². The van der Waals surface area contributed by atoms with Gasteiger partial charge in [0.25, 0.3) is 0 Å². The average Bonchev–Trinajstić information content (AvgIpc) is 2.46. The Kier molecular flexibility index (Phi) is 5.27. The van der Waals surface area contributed by atoms with Gasteiger partial charge in [-0.3, -0.25) is 0 Å². The molecule has 21 heavy (non-hydrogen) atoms. The minimum atomic E-state index is -0.00169. The molecule has 0 aliphatic carbocycles. The van der Waals surface area contributed by atoms with Crippen LogP contribution in [0.1, 0.15) is 37.9 Å². The van der Waals surface area contributed by atoms with E-state index in [1.54, 1.807) is 0 Å². The van der Waals surface area contributed by atoms with Gasteiger partial charge in [0.05, 0.1) is 10.7 Å². The number of benzene rings is 2. The lowest BCUT2D eigenvalue weighted by molar-refractivity contribution is 0.682. The normalized spacial score (nSPS) is 12.5. The van der Waals surface area contributed by atoms with Crippen LogP contribution >= 0.6 is 11.6 Å². The molecule has 0 aliphatic heterocycles. The lowest BCUT2D eigenvalue weighted by atomic mass is 10.1. The highest BCUT2D eigenvalue weighted by Crippen LogP contribution is 2.31. The second-order valence-corrected chi connectivity index (χ2v) is 6.11. The Morgan fingerprint density at radius 3 is 2.24 bits per heavy atom. The van der Waals surface area contributed by atoms with Crippen molar-refractivity contribution >= 4 is 17.3 Å². The number of nitrogens with two attached hydrogens (primary N) is 1. The highest BCUT2D eigenvalue weighted by Gasteiger charge is 2.15. The first kappa shape index (κ1) is 15.9. The van der Waals surface area contributed by atoms with Gasteiger partial charge in [-0.25, -0.2) is 0 Å². The summed E-state index contributed by atoms with van der Waals surface area (Å²) >= 11 is 6.48. The Morgan fingerprint density at radius 1 is 1.05 bits per heavy atom. The molecule has 2 aromatic carbocycles. The Morgan fingerprint density at radius 2 is 1.71 bits per heavy atom. The molecular weight excluding hydrogens is 280 g/mol. The number of anilines is 1. The van der Waals surface area contributed by atoms with Crippen LogP contribution in [0.5, 0.6) is 0 Å². The molecule has 0 aromatic heterocycles. The van der Waals surface area contributed by atoms with Gasteiger partial charge in [-0.2, -0.15) is 0 Å². The molecule has 0 spiro atoms. The first-order valence-electron chi connectivity index (χ1n) is 7.34. The number of hydrogen-bond acceptors (Lipinski definition) is 2. The van der Waals surface area contributed by atoms with Crippen molar-refractivity contribution in [3.8, 4) is 0 Å². The van der Waals surface area contributed by atoms with Crippen molar-refractivity contribution in [3.05, 3.63) is 64.7 Å². The molecule has 0 aliphatic rings. The van der Waals surface area contributed by atoms with Crippen molar-refractivity contribution < 1.29 is 0 Å². The number of hydrogen-bond donors (Lipinski definition) is 1. The van der Waals surface area contributed by atoms with Gasteiger partial charge in [-0.15, -0.1) is 0 Å². The largest absolute Gasteiger partial charge is 0.364 e. The van der Waals surface area contributed by atoms with Gasteiger partial charge < -0.3 is 10.6 Å². The molecule has 1 unspecified atom stereocenters. The van der Waals surface area contributed by atoms with Gasteiger partial charge in [-0.05, 0) is 44.0 Å². The zero-order valence-corrected chi connectivity index (χ0v) is 13.6. The first-order valence-corrected chi connectivity index (χ1v) is 7.72. The maximum atomic E-state index is 6.48. The minimum Gasteiger partial charge on any atom is -0.364 e. The molecular formula is C18H23ClN2. The third-order valence-electron chi connectivity index (χ3n) is 3.63. The standard InChI is InChI=1S/C18H23ClN2/c1-13(2)21(12-15-7-5-4-6-8-15)18-10-9-16(14(3)20)11-17(18)19/h4-11,13-14H,12,20H2,1-3H3. The molecule has 0 amide bonds. The van der Waals surface area contributed by atoms with Crippen molar-refractivity contribution in [1.82, 2.24) is 0 Å². The predicted octanol–water partition coefficient (Wildman–Crippen LogP) is 4.77. The van der Waals surface area contributed by atoms with Gasteiger partial charge >= 0.3 is 0 Å². The maximum absolute atomic E-state index is 6.48. The van der Waals surface area contributed by atoms with Crippen LogP contribution in [0.3, 0.4) is 0 Å². The van der Waals surface area contributed by atoms with E-state index in [9.17, 15) is 0 Å². The second kappa shape index (κ2) is 6.97. The quantitative estimate of drug-likeness (QED) is 0.861. The number of halogens is 1. The van der Waals surface area contributed by atoms with Crippen LogP contribution in [0.2, 0.25) is 5.02 Å². The Bertz CT molecular complexity index is 579. The zero-order valence-electron chi connectivity index (χ0n) is 12.9. The van der Waals surface area contributed by atoms with Crippen LogP contribution in [-0.4, -0.2) is 6.04 Å². The fourth-order valence-electron chi connectivity index (χ4n) is 2.37. The van der Waals surface area contributed by atoms with E-state index in [0.717, 1.165) is 22.8 Å². The summed E-state index contributed by atoms with van der Waals surface area (Å²) in [5, 5.41) is 0.759. The lowest BCUT2D eigenvalue weighted by Gasteiger charge is -2.30. The summed E-state index contributed by atoms with van der Waals surface area (Å²) in [6.45, 7) is 7.17. The number of nitrogens with zero attached hydrogens (tertiary/aromatic N) is 1. The summed E-state index contributed by atoms with van der Waals surface area (Å²) in [6, 6.07) is 16.9. The summed E-state index contributed by atoms with van der Waals surface area (Å²) in [5.41, 5.74) is 9.31. The van der Waals surface area contributed by atoms with E-state index in [1.807, 2.05) is 19.1 Å². The van der Waals surface area contributed by atoms with Crippen molar-refractivity contribution in [2.45, 2.75) is 39.4 Å². The SMILES string of the molecule is CC(N)c1ccc(N(Cc2ccccc2)C(C)C)c(Cl)c1. The molecule has 2 nitrogen and oxygen atoms in total. The molecule has 2 rings (SSSR count). The smallest absolute Gasteiger partial charge is 0.0643 e. The summed E-state index contributed by atoms with van der Waals surface area (Å²) in [7, 11) is 0. The van der Waals surface area contributed by atoms with E-state index in [4.69, 9.17) is 17.3 Å². The van der Waals surface area contributed by atoms with Gasteiger partial charge in [0, 0.05) is 18.6 Å². The Hall–Kier alpha value is -1.51. The van der Waals surface area contributed by atoms with Crippen LogP contribution in [0.4, 0.5) is 5.69 Å². The summed E-state index contributed by atoms with van der Waals surface area (Å²) in [5.74, 6) is 0. The van der Waals surface area contributed by atoms with Gasteiger partial charge in [0.2, 0.25) is 0 Å². The topological polar surface area (TPSA) is 29.3 Å². The molecule has 3 heteroatoms. The van der Waals surface area contributed by atoms with Gasteiger partial charge in [-0.1, -0.05) is 48.0 Å². The first-order chi connectivity index (χ1) is 9.99. The zero-order chi connectivity index (χ0) is 15.4. The molecule has 1 atom stereocenters. The molecule has 0 saturated heterocycles. The molecule has 0 radical (unpaired) electrons. The third-order valence-corrected chi connectivity index (χ3v) is 3.93. The second-order valence-electron chi connectivity index (χ2n) is 5.71. The maximum Gasteiger partial charge on any atom is 0.0643 e. The third kappa shape index (κ3) is 3.99. The van der Waals surface area contributed by atoms with E-state index in [-0.39, 0.29) is 6.04 Å². The monoisotopic (exact) mass is 302 g/mol. The van der Waals surface area contributed by atoms with Crippen molar-refractivity contribution in [2.24, 2.45) is 5.73 Å². The fraction of sp³-hybridized carbons (Fsp3) is 0.333. The molecule has 112 valence electrons. The molecule has 0 saturated carbocycles. The van der Waals surface area contributed by atoms with E-state index in [2.05, 4.69) is 55.1 Å². The summed E-state index contributed by atoms with van der Waals surface area (Å²) in [4.78, 5) is 2.31. The van der Waals surface area contributed by atoms with E-state index < -0.39 is 0 Å². The lowest BCUT2D eigenvalue weighted by Crippen LogP contribution is -2.30. The van der Waals surface area contributed by atoms with E-state index in [0.29, 0.717) is 6.04 Å². The predicted molar refractivity (Wildman–Crippen MR) is 91.8 cm³/mol. The Balaban J connectivity index is 2.30. The van der Waals surface area contributed by atoms with E-state index in [1.165, 1.54) is 5.56 Å². The van der Waals surface area contributed by atoms with E-state index >= 15 is 0 Å². The molecule has 0 fully saturated rings. The van der Waals surface area contributed by atoms with Gasteiger partial charge in [0.15, 0.2) is 0 Å². The minimum absolute atomic E-state index is 0.00169. The molecule has 0 bridgehead atoms. The van der Waals surface area contributed by atoms with Crippen LogP contribution in [0.25, 0.3) is 0 Å². The van der Waals surface area contributed by atoms with Crippen LogP contribution in [0, 0.1) is 0 Å². The Labute approximate surface area is 132 Å². The van der Waals surface area contributed by atoms with Crippen molar-refractivity contribution in [1.29, 1.82) is 0 Å². The molecule has 0 heterocycles. The van der Waals surface area contributed by atoms with Crippen LogP contribution in [-0.2, 0) is 6.54 Å². The highest BCUT2D eigenvalue weighted by molar-refractivity contribution is 6.33. The van der Waals surface area contributed by atoms with Crippen LogP contribution < -0.4 is 10.6 Å². The fourth-order valence-corrected chi connectivity index (χ4v) is 2.66. The molecule has 2 aromatic rings. The van der Waals surface area contributed by atoms with Gasteiger partial charge in [0.1, 0.15) is 0 Å². The van der Waals surface area contributed by atoms with Crippen molar-refractivity contribution in [2.75, 3.05) is 4.90 Å². The average molecular weight is 303 g/mol. The highest BCUT2D eigenvalue weighted by atomic mass is 35.5. The number of rotatable bonds is 5. The summed E-state index contributed by atoms with van der Waals surface area (Å²) in [6.07, 6.45) is 0. The van der Waals surface area contributed by atoms with Crippen molar-refractivity contribution in [3.63, 3.8) is 0 Å². The summed E-state index contributed by atoms with van der Waals surface area (Å²) < 4.78 is 0. The molecule has 2 N–H and O–H groups in total.